The fourth-order valence-corrected chi connectivity index (χ4v) is 2.80. The van der Waals surface area contributed by atoms with Crippen molar-refractivity contribution in [2.75, 3.05) is 26.1 Å². The van der Waals surface area contributed by atoms with Crippen LogP contribution in [0.5, 0.6) is 17.5 Å². The number of urea groups is 1. The SMILES string of the molecule is COc1cc(OC)nc(NC(=O)NS(=O)(=O)c2ncccc2OCC(F)(F)F)n1. The molecule has 0 spiro atoms. The predicted molar refractivity (Wildman–Crippen MR) is 90.3 cm³/mol. The van der Waals surface area contributed by atoms with Crippen molar-refractivity contribution in [3.05, 3.63) is 24.4 Å². The number of ether oxygens (including phenoxy) is 3. The van der Waals surface area contributed by atoms with Gasteiger partial charge in [-0.15, -0.1) is 0 Å². The molecule has 0 unspecified atom stereocenters. The van der Waals surface area contributed by atoms with Crippen molar-refractivity contribution in [3.8, 4) is 17.5 Å². The van der Waals surface area contributed by atoms with Crippen LogP contribution in [0.15, 0.2) is 29.4 Å². The number of carbonyl (C=O) groups excluding carboxylic acids is 1. The van der Waals surface area contributed by atoms with Gasteiger partial charge in [0, 0.05) is 6.20 Å². The highest BCUT2D eigenvalue weighted by Crippen LogP contribution is 2.24. The van der Waals surface area contributed by atoms with Gasteiger partial charge in [-0.1, -0.05) is 0 Å². The normalized spacial score (nSPS) is 11.5. The lowest BCUT2D eigenvalue weighted by Crippen LogP contribution is -2.35. The number of alkyl halides is 3. The second kappa shape index (κ2) is 8.76. The van der Waals surface area contributed by atoms with Gasteiger partial charge in [-0.25, -0.2) is 14.5 Å². The number of sulfonamides is 1. The maximum atomic E-state index is 12.3. The molecular weight excluding hydrogens is 423 g/mol. The third-order valence-electron chi connectivity index (χ3n) is 2.93. The first-order valence-electron chi connectivity index (χ1n) is 7.49. The van der Waals surface area contributed by atoms with Crippen LogP contribution in [-0.2, 0) is 10.0 Å². The van der Waals surface area contributed by atoms with Gasteiger partial charge in [0.1, 0.15) is 0 Å². The lowest BCUT2D eigenvalue weighted by Gasteiger charge is -2.13. The zero-order valence-electron chi connectivity index (χ0n) is 14.8. The van der Waals surface area contributed by atoms with Crippen LogP contribution >= 0.6 is 0 Å². The Kier molecular flexibility index (Phi) is 6.63. The molecule has 2 amide bonds. The van der Waals surface area contributed by atoms with E-state index in [9.17, 15) is 26.4 Å². The molecule has 2 N–H and O–H groups in total. The summed E-state index contributed by atoms with van der Waals surface area (Å²) in [4.78, 5) is 23.0. The third kappa shape index (κ3) is 6.34. The molecule has 2 rings (SSSR count). The van der Waals surface area contributed by atoms with E-state index in [2.05, 4.69) is 19.7 Å². The Bertz CT molecular complexity index is 964. The molecule has 15 heteroatoms. The number of pyridine rings is 1. The number of anilines is 1. The smallest absolute Gasteiger partial charge is 0.422 e. The van der Waals surface area contributed by atoms with Crippen LogP contribution in [0, 0.1) is 0 Å². The summed E-state index contributed by atoms with van der Waals surface area (Å²) in [5, 5.41) is 1.12. The maximum absolute atomic E-state index is 12.3. The minimum atomic E-state index is -4.70. The highest BCUT2D eigenvalue weighted by molar-refractivity contribution is 7.90. The first-order valence-corrected chi connectivity index (χ1v) is 8.98. The third-order valence-corrected chi connectivity index (χ3v) is 4.20. The van der Waals surface area contributed by atoms with Crippen LogP contribution in [0.4, 0.5) is 23.9 Å². The molecule has 0 atom stereocenters. The summed E-state index contributed by atoms with van der Waals surface area (Å²) < 4.78 is 77.5. The van der Waals surface area contributed by atoms with Crippen LogP contribution < -0.4 is 24.2 Å². The van der Waals surface area contributed by atoms with Gasteiger partial charge >= 0.3 is 12.2 Å². The molecule has 0 aliphatic rings. The second-order valence-electron chi connectivity index (χ2n) is 5.05. The monoisotopic (exact) mass is 437 g/mol. The lowest BCUT2D eigenvalue weighted by atomic mass is 10.4. The second-order valence-corrected chi connectivity index (χ2v) is 6.64. The Morgan fingerprint density at radius 2 is 1.79 bits per heavy atom. The minimum absolute atomic E-state index is 0.0163. The summed E-state index contributed by atoms with van der Waals surface area (Å²) >= 11 is 0. The zero-order chi connectivity index (χ0) is 21.7. The molecule has 11 nitrogen and oxygen atoms in total. The van der Waals surface area contributed by atoms with Gasteiger partial charge in [0.25, 0.3) is 10.0 Å². The number of nitrogens with one attached hydrogen (secondary N) is 2. The average Bonchev–Trinajstić information content (AvgIpc) is 2.65. The number of methoxy groups -OCH3 is 2. The standard InChI is InChI=1S/C14H14F3N5O6S/c1-26-9-6-10(27-2)20-12(19-9)21-13(23)22-29(24,25)11-8(4-3-5-18-11)28-7-14(15,16)17/h3-6H,7H2,1-2H3,(H2,19,20,21,22,23). The average molecular weight is 437 g/mol. The summed E-state index contributed by atoms with van der Waals surface area (Å²) in [5.74, 6) is -1.02. The summed E-state index contributed by atoms with van der Waals surface area (Å²) in [6, 6.07) is 2.12. The molecule has 0 aromatic carbocycles. The molecule has 0 fully saturated rings. The number of rotatable bonds is 7. The van der Waals surface area contributed by atoms with Crippen LogP contribution in [0.1, 0.15) is 0 Å². The lowest BCUT2D eigenvalue weighted by molar-refractivity contribution is -0.153. The van der Waals surface area contributed by atoms with E-state index in [4.69, 9.17) is 9.47 Å². The van der Waals surface area contributed by atoms with E-state index in [-0.39, 0.29) is 17.7 Å². The Hall–Kier alpha value is -3.36. The first-order chi connectivity index (χ1) is 13.5. The van der Waals surface area contributed by atoms with Crippen molar-refractivity contribution in [3.63, 3.8) is 0 Å². The molecule has 0 bridgehead atoms. The van der Waals surface area contributed by atoms with Gasteiger partial charge < -0.3 is 14.2 Å². The van der Waals surface area contributed by atoms with E-state index in [1.807, 2.05) is 5.32 Å². The molecule has 2 aromatic heterocycles. The first kappa shape index (κ1) is 21.9. The quantitative estimate of drug-likeness (QED) is 0.656. The molecule has 158 valence electrons. The number of hydrogen-bond donors (Lipinski definition) is 2. The van der Waals surface area contributed by atoms with Crippen molar-refractivity contribution in [1.82, 2.24) is 19.7 Å². The van der Waals surface area contributed by atoms with E-state index < -0.39 is 39.6 Å². The molecule has 0 radical (unpaired) electrons. The Labute approximate surface area is 162 Å². The van der Waals surface area contributed by atoms with E-state index in [1.165, 1.54) is 26.4 Å². The zero-order valence-corrected chi connectivity index (χ0v) is 15.7. The topological polar surface area (TPSA) is 142 Å². The van der Waals surface area contributed by atoms with Crippen molar-refractivity contribution < 1.29 is 40.6 Å². The van der Waals surface area contributed by atoms with E-state index in [1.54, 1.807) is 4.72 Å². The van der Waals surface area contributed by atoms with Crippen LogP contribution in [0.2, 0.25) is 0 Å². The van der Waals surface area contributed by atoms with E-state index >= 15 is 0 Å². The summed E-state index contributed by atoms with van der Waals surface area (Å²) in [5.41, 5.74) is 0. The number of hydrogen-bond acceptors (Lipinski definition) is 9. The molecule has 0 aliphatic heterocycles. The largest absolute Gasteiger partial charge is 0.481 e. The number of halogens is 3. The van der Waals surface area contributed by atoms with Gasteiger partial charge in [0.15, 0.2) is 12.4 Å². The Morgan fingerprint density at radius 1 is 1.17 bits per heavy atom. The van der Waals surface area contributed by atoms with Gasteiger partial charge in [-0.05, 0) is 12.1 Å². The Morgan fingerprint density at radius 3 is 2.34 bits per heavy atom. The van der Waals surface area contributed by atoms with Crippen LogP contribution in [0.3, 0.4) is 0 Å². The number of aromatic nitrogens is 3. The molecule has 0 saturated carbocycles. The summed E-state index contributed by atoms with van der Waals surface area (Å²) in [6.45, 7) is -1.75. The van der Waals surface area contributed by atoms with Crippen molar-refractivity contribution in [2.45, 2.75) is 11.2 Å². The fourth-order valence-electron chi connectivity index (χ4n) is 1.81. The fraction of sp³-hybridized carbons (Fsp3) is 0.286. The molecule has 2 aromatic rings. The van der Waals surface area contributed by atoms with Gasteiger partial charge in [0.2, 0.25) is 22.7 Å². The van der Waals surface area contributed by atoms with Crippen molar-refractivity contribution >= 4 is 22.0 Å². The molecular formula is C14H14F3N5O6S. The van der Waals surface area contributed by atoms with Gasteiger partial charge in [0.05, 0.1) is 20.3 Å². The van der Waals surface area contributed by atoms with Crippen molar-refractivity contribution in [1.29, 1.82) is 0 Å². The van der Waals surface area contributed by atoms with E-state index in [0.29, 0.717) is 0 Å². The van der Waals surface area contributed by atoms with E-state index in [0.717, 1.165) is 12.3 Å². The number of amides is 2. The summed E-state index contributed by atoms with van der Waals surface area (Å²) in [7, 11) is -2.11. The van der Waals surface area contributed by atoms with Crippen molar-refractivity contribution in [2.24, 2.45) is 0 Å². The highest BCUT2D eigenvalue weighted by Gasteiger charge is 2.31. The summed E-state index contributed by atoms with van der Waals surface area (Å²) in [6.07, 6.45) is -3.70. The number of nitrogens with zero attached hydrogens (tertiary/aromatic N) is 3. The minimum Gasteiger partial charge on any atom is -0.481 e. The predicted octanol–water partition coefficient (Wildman–Crippen LogP) is 1.34. The van der Waals surface area contributed by atoms with Gasteiger partial charge in [-0.3, -0.25) is 5.32 Å². The molecule has 0 saturated heterocycles. The molecule has 0 aliphatic carbocycles. The van der Waals surface area contributed by atoms with Crippen LogP contribution in [0.25, 0.3) is 0 Å². The highest BCUT2D eigenvalue weighted by atomic mass is 32.2. The van der Waals surface area contributed by atoms with Crippen LogP contribution in [-0.4, -0.2) is 56.4 Å². The number of carbonyl (C=O) groups is 1. The maximum Gasteiger partial charge on any atom is 0.422 e. The van der Waals surface area contributed by atoms with Gasteiger partial charge in [-0.2, -0.15) is 31.6 Å². The Balaban J connectivity index is 2.18. The molecule has 2 heterocycles. The molecule has 29 heavy (non-hydrogen) atoms.